The molecule has 1 rings (SSSR count). The molecule has 1 amide bonds. The number of hydrogen-bond acceptors (Lipinski definition) is 2. The molecule has 0 aliphatic heterocycles. The maximum atomic E-state index is 12.0. The number of amides is 1. The smallest absolute Gasteiger partial charge is 0.326 e. The molecule has 2 N–H and O–H groups in total. The number of carboxylic acid groups (broad SMARTS) is 1. The highest BCUT2D eigenvalue weighted by molar-refractivity contribution is 5.84. The average Bonchev–Trinajstić information content (AvgIpc) is 2.49. The minimum Gasteiger partial charge on any atom is -0.480 e. The highest BCUT2D eigenvalue weighted by atomic mass is 16.4. The second-order valence-corrected chi connectivity index (χ2v) is 4.72. The molecule has 4 heteroatoms. The molecule has 21 heavy (non-hydrogen) atoms. The normalized spacial score (nSPS) is 13.6. The minimum absolute atomic E-state index is 0.123. The summed E-state index contributed by atoms with van der Waals surface area (Å²) in [5, 5.41) is 11.6. The van der Waals surface area contributed by atoms with E-state index in [1.54, 1.807) is 18.2 Å². The third-order valence-corrected chi connectivity index (χ3v) is 3.16. The molecule has 1 aromatic carbocycles. The number of allylic oxidation sites excluding steroid dienone is 2. The van der Waals surface area contributed by atoms with Crippen molar-refractivity contribution >= 4 is 11.9 Å². The molecule has 0 saturated heterocycles. The zero-order chi connectivity index (χ0) is 15.7. The molecular formula is C17H21NO3. The van der Waals surface area contributed by atoms with Gasteiger partial charge < -0.3 is 10.4 Å². The van der Waals surface area contributed by atoms with Crippen molar-refractivity contribution in [3.05, 3.63) is 60.7 Å². The van der Waals surface area contributed by atoms with Crippen LogP contribution in [0.3, 0.4) is 0 Å². The summed E-state index contributed by atoms with van der Waals surface area (Å²) in [5.74, 6) is -1.45. The zero-order valence-corrected chi connectivity index (χ0v) is 12.2. The van der Waals surface area contributed by atoms with Crippen molar-refractivity contribution in [3.8, 4) is 0 Å². The first-order valence-electron chi connectivity index (χ1n) is 6.89. The van der Waals surface area contributed by atoms with Crippen molar-refractivity contribution in [1.82, 2.24) is 5.32 Å². The number of nitrogens with one attached hydrogen (secondary N) is 1. The van der Waals surface area contributed by atoms with E-state index in [2.05, 4.69) is 11.9 Å². The Balaban J connectivity index is 2.66. The van der Waals surface area contributed by atoms with Gasteiger partial charge in [0.15, 0.2) is 0 Å². The van der Waals surface area contributed by atoms with Gasteiger partial charge in [-0.2, -0.15) is 0 Å². The molecule has 0 saturated carbocycles. The van der Waals surface area contributed by atoms with Gasteiger partial charge in [-0.05, 0) is 18.9 Å². The topological polar surface area (TPSA) is 66.4 Å². The van der Waals surface area contributed by atoms with E-state index in [-0.39, 0.29) is 24.7 Å². The predicted octanol–water partition coefficient (Wildman–Crippen LogP) is 2.88. The largest absolute Gasteiger partial charge is 0.480 e. The average molecular weight is 287 g/mol. The van der Waals surface area contributed by atoms with E-state index in [1.165, 1.54) is 0 Å². The van der Waals surface area contributed by atoms with E-state index in [0.29, 0.717) is 0 Å². The van der Waals surface area contributed by atoms with Crippen LogP contribution in [0.15, 0.2) is 55.1 Å². The molecular weight excluding hydrogens is 266 g/mol. The summed E-state index contributed by atoms with van der Waals surface area (Å²) < 4.78 is 0. The molecule has 112 valence electrons. The lowest BCUT2D eigenvalue weighted by Crippen LogP contribution is -2.40. The maximum Gasteiger partial charge on any atom is 0.326 e. The van der Waals surface area contributed by atoms with Crippen LogP contribution in [0.2, 0.25) is 0 Å². The van der Waals surface area contributed by atoms with E-state index < -0.39 is 12.0 Å². The van der Waals surface area contributed by atoms with Crippen molar-refractivity contribution in [2.75, 3.05) is 0 Å². The Morgan fingerprint density at radius 1 is 1.33 bits per heavy atom. The van der Waals surface area contributed by atoms with E-state index in [9.17, 15) is 9.59 Å². The van der Waals surface area contributed by atoms with Crippen LogP contribution in [0.1, 0.15) is 31.2 Å². The van der Waals surface area contributed by atoms with Gasteiger partial charge in [-0.1, -0.05) is 48.6 Å². The molecule has 4 nitrogen and oxygen atoms in total. The maximum absolute atomic E-state index is 12.0. The van der Waals surface area contributed by atoms with E-state index in [1.807, 2.05) is 37.3 Å². The molecule has 0 spiro atoms. The summed E-state index contributed by atoms with van der Waals surface area (Å²) in [7, 11) is 0. The van der Waals surface area contributed by atoms with Crippen LogP contribution in [0.4, 0.5) is 0 Å². The summed E-state index contributed by atoms with van der Waals surface area (Å²) in [6.07, 6.45) is 5.66. The monoisotopic (exact) mass is 287 g/mol. The first-order valence-corrected chi connectivity index (χ1v) is 6.89. The van der Waals surface area contributed by atoms with E-state index >= 15 is 0 Å². The van der Waals surface area contributed by atoms with Gasteiger partial charge in [0.1, 0.15) is 6.04 Å². The van der Waals surface area contributed by atoms with Crippen molar-refractivity contribution in [2.24, 2.45) is 0 Å². The van der Waals surface area contributed by atoms with E-state index in [0.717, 1.165) is 5.56 Å². The van der Waals surface area contributed by atoms with Gasteiger partial charge >= 0.3 is 5.97 Å². The summed E-state index contributed by atoms with van der Waals surface area (Å²) in [5.41, 5.74) is 0.989. The molecule has 2 unspecified atom stereocenters. The van der Waals surface area contributed by atoms with Gasteiger partial charge in [-0.3, -0.25) is 4.79 Å². The summed E-state index contributed by atoms with van der Waals surface area (Å²) in [6.45, 7) is 5.56. The quantitative estimate of drug-likeness (QED) is 0.722. The Morgan fingerprint density at radius 3 is 2.52 bits per heavy atom. The number of rotatable bonds is 8. The van der Waals surface area contributed by atoms with Gasteiger partial charge in [0, 0.05) is 12.3 Å². The number of benzene rings is 1. The first kappa shape index (κ1) is 16.7. The van der Waals surface area contributed by atoms with Crippen molar-refractivity contribution < 1.29 is 14.7 Å². The molecule has 0 bridgehead atoms. The molecule has 0 radical (unpaired) electrons. The molecule has 0 aromatic heterocycles. The van der Waals surface area contributed by atoms with Crippen LogP contribution < -0.4 is 5.32 Å². The number of hydrogen-bond donors (Lipinski definition) is 2. The molecule has 0 heterocycles. The number of aliphatic carboxylic acids is 1. The Morgan fingerprint density at radius 2 is 2.00 bits per heavy atom. The predicted molar refractivity (Wildman–Crippen MR) is 83.0 cm³/mol. The van der Waals surface area contributed by atoms with Crippen LogP contribution in [0.5, 0.6) is 0 Å². The van der Waals surface area contributed by atoms with Crippen LogP contribution in [0.25, 0.3) is 0 Å². The van der Waals surface area contributed by atoms with Crippen LogP contribution in [-0.4, -0.2) is 23.0 Å². The molecule has 1 aromatic rings. The minimum atomic E-state index is -1.03. The summed E-state index contributed by atoms with van der Waals surface area (Å²) in [6, 6.07) is 8.66. The van der Waals surface area contributed by atoms with Crippen LogP contribution in [-0.2, 0) is 9.59 Å². The van der Waals surface area contributed by atoms with Crippen molar-refractivity contribution in [2.45, 2.75) is 31.7 Å². The lowest BCUT2D eigenvalue weighted by atomic mass is 9.95. The second-order valence-electron chi connectivity index (χ2n) is 4.72. The highest BCUT2D eigenvalue weighted by Gasteiger charge is 2.20. The highest BCUT2D eigenvalue weighted by Crippen LogP contribution is 2.20. The number of carboxylic acids is 1. The van der Waals surface area contributed by atoms with Gasteiger partial charge in [0.05, 0.1) is 0 Å². The van der Waals surface area contributed by atoms with E-state index in [4.69, 9.17) is 5.11 Å². The van der Waals surface area contributed by atoms with Crippen molar-refractivity contribution in [3.63, 3.8) is 0 Å². The Labute approximate surface area is 125 Å². The first-order chi connectivity index (χ1) is 10.1. The third-order valence-electron chi connectivity index (χ3n) is 3.16. The zero-order valence-electron chi connectivity index (χ0n) is 12.2. The number of carbonyl (C=O) groups is 2. The molecule has 2 atom stereocenters. The Bertz CT molecular complexity index is 508. The summed E-state index contributed by atoms with van der Waals surface area (Å²) in [4.78, 5) is 23.1. The molecule has 0 fully saturated rings. The second kappa shape index (κ2) is 8.74. The van der Waals surface area contributed by atoms with Gasteiger partial charge in [0.25, 0.3) is 0 Å². The van der Waals surface area contributed by atoms with Gasteiger partial charge in [-0.25, -0.2) is 4.79 Å². The summed E-state index contributed by atoms with van der Waals surface area (Å²) >= 11 is 0. The standard InChI is InChI=1S/C17H21NO3/c1-3-5-11-15(17(20)21)18-16(19)12-13(4-2)14-9-7-6-8-10-14/h3-10,13,15H,2,11-12H2,1H3,(H,18,19)(H,20,21)/b5-3+. The van der Waals surface area contributed by atoms with Crippen LogP contribution in [0, 0.1) is 0 Å². The number of carbonyl (C=O) groups excluding carboxylic acids is 1. The molecule has 0 aliphatic rings. The fourth-order valence-electron chi connectivity index (χ4n) is 1.98. The lowest BCUT2D eigenvalue weighted by molar-refractivity contribution is -0.141. The fourth-order valence-corrected chi connectivity index (χ4v) is 1.98. The van der Waals surface area contributed by atoms with Crippen LogP contribution >= 0.6 is 0 Å². The Kier molecular flexibility index (Phi) is 6.95. The Hall–Kier alpha value is -2.36. The third kappa shape index (κ3) is 5.65. The SMILES string of the molecule is C=CC(CC(=O)NC(C/C=C/C)C(=O)O)c1ccccc1. The lowest BCUT2D eigenvalue weighted by Gasteiger charge is -2.16. The van der Waals surface area contributed by atoms with Gasteiger partial charge in [0.2, 0.25) is 5.91 Å². The molecule has 0 aliphatic carbocycles. The fraction of sp³-hybridized carbons (Fsp3) is 0.294. The van der Waals surface area contributed by atoms with Gasteiger partial charge in [-0.15, -0.1) is 6.58 Å². The van der Waals surface area contributed by atoms with Crippen molar-refractivity contribution in [1.29, 1.82) is 0 Å².